The average molecular weight is 360 g/mol. The van der Waals surface area contributed by atoms with Crippen LogP contribution in [-0.4, -0.2) is 30.5 Å². The molecule has 0 radical (unpaired) electrons. The monoisotopic (exact) mass is 359 g/mol. The third kappa shape index (κ3) is 3.85. The van der Waals surface area contributed by atoms with Crippen molar-refractivity contribution in [3.05, 3.63) is 27.0 Å². The Morgan fingerprint density at radius 3 is 2.89 bits per heavy atom. The number of amides is 1. The van der Waals surface area contributed by atoms with Crippen molar-refractivity contribution in [2.75, 3.05) is 13.6 Å². The minimum absolute atomic E-state index is 0.125. The molecule has 1 unspecified atom stereocenters. The Kier molecular flexibility index (Phi) is 5.09. The maximum atomic E-state index is 11.9. The van der Waals surface area contributed by atoms with E-state index in [0.717, 1.165) is 14.4 Å². The molecule has 0 spiro atoms. The van der Waals surface area contributed by atoms with Crippen LogP contribution in [0.3, 0.4) is 0 Å². The number of likely N-dealkylation sites (N-methyl/N-ethyl adjacent to an activating group) is 1. The van der Waals surface area contributed by atoms with Gasteiger partial charge >= 0.3 is 0 Å². The number of rotatable bonds is 5. The van der Waals surface area contributed by atoms with Gasteiger partial charge in [0.1, 0.15) is 10.7 Å². The van der Waals surface area contributed by atoms with Crippen molar-refractivity contribution >= 4 is 44.5 Å². The minimum atomic E-state index is -0.125. The van der Waals surface area contributed by atoms with Crippen LogP contribution in [0, 0.1) is 0 Å². The summed E-state index contributed by atoms with van der Waals surface area (Å²) in [6.45, 7) is 2.60. The van der Waals surface area contributed by atoms with Crippen LogP contribution in [-0.2, 0) is 0 Å². The first-order valence-electron chi connectivity index (χ1n) is 5.75. The van der Waals surface area contributed by atoms with Gasteiger partial charge < -0.3 is 10.6 Å². The number of nitrogens with one attached hydrogen (secondary N) is 2. The molecule has 0 aliphatic carbocycles. The highest BCUT2D eigenvalue weighted by Crippen LogP contribution is 2.31. The second-order valence-electron chi connectivity index (χ2n) is 4.07. The van der Waals surface area contributed by atoms with Gasteiger partial charge in [0.25, 0.3) is 5.91 Å². The van der Waals surface area contributed by atoms with Gasteiger partial charge in [-0.15, -0.1) is 22.7 Å². The van der Waals surface area contributed by atoms with E-state index in [1.54, 1.807) is 16.7 Å². The number of nitrogens with zero attached hydrogens (tertiary/aromatic N) is 1. The molecule has 1 amide bonds. The minimum Gasteiger partial charge on any atom is -0.349 e. The predicted octanol–water partition coefficient (Wildman–Crippen LogP) is 2.97. The van der Waals surface area contributed by atoms with E-state index < -0.39 is 0 Å². The number of carbonyl (C=O) groups is 1. The largest absolute Gasteiger partial charge is 0.349 e. The molecule has 2 heterocycles. The van der Waals surface area contributed by atoms with Crippen LogP contribution < -0.4 is 10.6 Å². The van der Waals surface area contributed by atoms with Crippen molar-refractivity contribution in [1.82, 2.24) is 15.6 Å². The molecule has 0 aliphatic heterocycles. The van der Waals surface area contributed by atoms with E-state index in [1.165, 1.54) is 11.3 Å². The average Bonchev–Trinajstić information content (AvgIpc) is 3.03. The molecule has 102 valence electrons. The smallest absolute Gasteiger partial charge is 0.270 e. The zero-order valence-electron chi connectivity index (χ0n) is 10.6. The molecule has 1 atom stereocenters. The first kappa shape index (κ1) is 14.6. The second kappa shape index (κ2) is 6.60. The summed E-state index contributed by atoms with van der Waals surface area (Å²) < 4.78 is 1.04. The van der Waals surface area contributed by atoms with Crippen molar-refractivity contribution in [1.29, 1.82) is 0 Å². The Morgan fingerprint density at radius 1 is 1.47 bits per heavy atom. The highest BCUT2D eigenvalue weighted by atomic mass is 79.9. The van der Waals surface area contributed by atoms with Gasteiger partial charge in [-0.2, -0.15) is 0 Å². The molecule has 2 N–H and O–H groups in total. The Hall–Kier alpha value is -0.760. The molecule has 4 nitrogen and oxygen atoms in total. The molecule has 7 heteroatoms. The third-order valence-electron chi connectivity index (χ3n) is 2.58. The fourth-order valence-electron chi connectivity index (χ4n) is 1.35. The Labute approximate surface area is 128 Å². The summed E-state index contributed by atoms with van der Waals surface area (Å²) in [6.07, 6.45) is 0. The van der Waals surface area contributed by atoms with Crippen LogP contribution in [0.5, 0.6) is 0 Å². The van der Waals surface area contributed by atoms with Crippen molar-refractivity contribution in [3.8, 4) is 9.88 Å². The lowest BCUT2D eigenvalue weighted by atomic mass is 10.3. The lowest BCUT2D eigenvalue weighted by Gasteiger charge is -2.10. The van der Waals surface area contributed by atoms with Gasteiger partial charge in [-0.25, -0.2) is 4.98 Å². The van der Waals surface area contributed by atoms with Gasteiger partial charge in [0, 0.05) is 27.8 Å². The lowest BCUT2D eigenvalue weighted by Crippen LogP contribution is -2.37. The van der Waals surface area contributed by atoms with Gasteiger partial charge in [-0.1, -0.05) is 0 Å². The van der Waals surface area contributed by atoms with E-state index in [9.17, 15) is 4.79 Å². The Balaban J connectivity index is 2.02. The molecule has 0 saturated carbocycles. The predicted molar refractivity (Wildman–Crippen MR) is 84.0 cm³/mol. The van der Waals surface area contributed by atoms with E-state index in [2.05, 4.69) is 31.5 Å². The number of thiazole rings is 1. The van der Waals surface area contributed by atoms with E-state index >= 15 is 0 Å². The van der Waals surface area contributed by atoms with Gasteiger partial charge in [0.15, 0.2) is 0 Å². The van der Waals surface area contributed by atoms with Crippen molar-refractivity contribution in [2.24, 2.45) is 0 Å². The number of thiophene rings is 1. The SMILES string of the molecule is CNC(C)CNC(=O)c1csc(-c2cc(Br)cs2)n1. The van der Waals surface area contributed by atoms with E-state index in [4.69, 9.17) is 0 Å². The highest BCUT2D eigenvalue weighted by Gasteiger charge is 2.13. The van der Waals surface area contributed by atoms with Gasteiger partial charge in [-0.05, 0) is 36.0 Å². The third-order valence-corrected chi connectivity index (χ3v) is 5.28. The molecule has 2 rings (SSSR count). The maximum absolute atomic E-state index is 11.9. The van der Waals surface area contributed by atoms with Crippen molar-refractivity contribution in [2.45, 2.75) is 13.0 Å². The molecule has 0 aliphatic rings. The van der Waals surface area contributed by atoms with Crippen LogP contribution >= 0.6 is 38.6 Å². The first-order valence-corrected chi connectivity index (χ1v) is 8.30. The normalized spacial score (nSPS) is 12.4. The number of carbonyl (C=O) groups excluding carboxylic acids is 1. The zero-order chi connectivity index (χ0) is 13.8. The number of hydrogen-bond donors (Lipinski definition) is 2. The standard InChI is InChI=1S/C12H14BrN3OS2/c1-7(14-2)4-15-11(17)9-6-19-12(16-9)10-3-8(13)5-18-10/h3,5-7,14H,4H2,1-2H3,(H,15,17). The molecule has 0 fully saturated rings. The summed E-state index contributed by atoms with van der Waals surface area (Å²) in [6, 6.07) is 2.25. The lowest BCUT2D eigenvalue weighted by molar-refractivity contribution is 0.0946. The molecule has 0 aromatic carbocycles. The zero-order valence-corrected chi connectivity index (χ0v) is 13.8. The molecular weight excluding hydrogens is 346 g/mol. The number of hydrogen-bond acceptors (Lipinski definition) is 5. The van der Waals surface area contributed by atoms with Gasteiger partial charge in [0.05, 0.1) is 4.88 Å². The van der Waals surface area contributed by atoms with Crippen molar-refractivity contribution < 1.29 is 4.79 Å². The summed E-state index contributed by atoms with van der Waals surface area (Å²) >= 11 is 6.51. The molecule has 0 bridgehead atoms. The number of halogens is 1. The van der Waals surface area contributed by atoms with Crippen LogP contribution in [0.2, 0.25) is 0 Å². The molecule has 2 aromatic rings. The summed E-state index contributed by atoms with van der Waals surface area (Å²) in [7, 11) is 1.87. The summed E-state index contributed by atoms with van der Waals surface area (Å²) in [4.78, 5) is 17.4. The first-order chi connectivity index (χ1) is 9.10. The summed E-state index contributed by atoms with van der Waals surface area (Å²) in [5, 5.41) is 10.6. The van der Waals surface area contributed by atoms with E-state index in [0.29, 0.717) is 12.2 Å². The molecule has 0 saturated heterocycles. The fourth-order valence-corrected chi connectivity index (χ4v) is 3.66. The highest BCUT2D eigenvalue weighted by molar-refractivity contribution is 9.10. The van der Waals surface area contributed by atoms with Crippen LogP contribution in [0.25, 0.3) is 9.88 Å². The van der Waals surface area contributed by atoms with Crippen molar-refractivity contribution in [3.63, 3.8) is 0 Å². The quantitative estimate of drug-likeness (QED) is 0.862. The summed E-state index contributed by atoms with van der Waals surface area (Å²) in [5.74, 6) is -0.125. The van der Waals surface area contributed by atoms with Gasteiger partial charge in [0.2, 0.25) is 0 Å². The van der Waals surface area contributed by atoms with E-state index in [1.807, 2.05) is 25.4 Å². The van der Waals surface area contributed by atoms with E-state index in [-0.39, 0.29) is 11.9 Å². The topological polar surface area (TPSA) is 54.0 Å². The van der Waals surface area contributed by atoms with Crippen LogP contribution in [0.4, 0.5) is 0 Å². The van der Waals surface area contributed by atoms with Crippen LogP contribution in [0.1, 0.15) is 17.4 Å². The Bertz CT molecular complexity index is 567. The van der Waals surface area contributed by atoms with Gasteiger partial charge in [-0.3, -0.25) is 4.79 Å². The maximum Gasteiger partial charge on any atom is 0.270 e. The second-order valence-corrected chi connectivity index (χ2v) is 6.75. The molecule has 19 heavy (non-hydrogen) atoms. The summed E-state index contributed by atoms with van der Waals surface area (Å²) in [5.41, 5.74) is 0.479. The molecular formula is C12H14BrN3OS2. The Morgan fingerprint density at radius 2 is 2.26 bits per heavy atom. The number of aromatic nitrogens is 1. The molecule has 2 aromatic heterocycles. The fraction of sp³-hybridized carbons (Fsp3) is 0.333. The van der Waals surface area contributed by atoms with Crippen LogP contribution in [0.15, 0.2) is 21.3 Å².